The Morgan fingerprint density at radius 1 is 1.20 bits per heavy atom. The number of aliphatic hydroxyl groups is 1. The molecule has 0 spiro atoms. The molecular formula is C25H28N11O17S2+. The summed E-state index contributed by atoms with van der Waals surface area (Å²) in [5.74, 6) is -7.10. The largest absolute Gasteiger partial charge is 0.511 e. The Bertz CT molecular complexity index is 2030. The number of quaternary nitrogens is 1. The van der Waals surface area contributed by atoms with Gasteiger partial charge in [-0.05, 0) is 0 Å². The number of rotatable bonds is 13. The van der Waals surface area contributed by atoms with Gasteiger partial charge in [0.2, 0.25) is 18.9 Å². The Morgan fingerprint density at radius 2 is 1.91 bits per heavy atom. The number of carbonyl (C=O) groups excluding carboxylic acids is 8. The number of amides is 8. The number of aliphatic hydroxyl groups excluding tert-OH is 1. The summed E-state index contributed by atoms with van der Waals surface area (Å²) in [6.45, 7) is -1.98. The zero-order valence-electron chi connectivity index (χ0n) is 27.6. The number of oxime groups is 1. The smallest absolute Gasteiger partial charge is 0.479 e. The van der Waals surface area contributed by atoms with E-state index in [2.05, 4.69) is 40.1 Å². The fourth-order valence-electron chi connectivity index (χ4n) is 4.71. The van der Waals surface area contributed by atoms with Crippen molar-refractivity contribution in [3.05, 3.63) is 22.8 Å². The molecule has 2 fully saturated rings. The molecule has 0 aromatic carbocycles. The number of nitrogens with zero attached hydrogens (tertiary/aromatic N) is 5. The van der Waals surface area contributed by atoms with E-state index in [0.717, 1.165) is 18.3 Å². The van der Waals surface area contributed by atoms with Gasteiger partial charge in [0.25, 0.3) is 5.91 Å². The van der Waals surface area contributed by atoms with Crippen LogP contribution >= 0.6 is 11.3 Å². The van der Waals surface area contributed by atoms with Gasteiger partial charge in [0.05, 0.1) is 6.54 Å². The lowest BCUT2D eigenvalue weighted by Gasteiger charge is -2.48. The molecule has 3 aliphatic rings. The van der Waals surface area contributed by atoms with Crippen molar-refractivity contribution in [1.29, 1.82) is 0 Å². The van der Waals surface area contributed by atoms with E-state index < -0.39 is 124 Å². The molecule has 2 saturated heterocycles. The molecule has 0 saturated carbocycles. The van der Waals surface area contributed by atoms with E-state index in [1.165, 1.54) is 10.1 Å². The summed E-state index contributed by atoms with van der Waals surface area (Å²) in [5.41, 5.74) is 10.4. The first-order chi connectivity index (χ1) is 25.8. The molecule has 28 nitrogen and oxygen atoms in total. The molecule has 0 bridgehead atoms. The minimum Gasteiger partial charge on any atom is -0.479 e. The molecule has 30 heteroatoms. The third-order valence-electron chi connectivity index (χ3n) is 7.10. The van der Waals surface area contributed by atoms with Crippen LogP contribution in [0.25, 0.3) is 0 Å². The van der Waals surface area contributed by atoms with E-state index in [9.17, 15) is 56.7 Å². The van der Waals surface area contributed by atoms with Gasteiger partial charge in [-0.3, -0.25) is 19.4 Å². The van der Waals surface area contributed by atoms with Crippen LogP contribution in [0.15, 0.2) is 27.3 Å². The number of imide groups is 1. The number of aromatic nitrogens is 1. The van der Waals surface area contributed by atoms with Crippen molar-refractivity contribution in [3.8, 4) is 0 Å². The Morgan fingerprint density at radius 3 is 2.49 bits per heavy atom. The molecule has 4 rings (SSSR count). The molecule has 8 amide bonds. The van der Waals surface area contributed by atoms with Gasteiger partial charge in [0, 0.05) is 31.1 Å². The van der Waals surface area contributed by atoms with Crippen LogP contribution in [-0.2, 0) is 53.2 Å². The minimum absolute atomic E-state index is 0.110. The first-order valence-electron chi connectivity index (χ1n) is 14.9. The lowest BCUT2D eigenvalue weighted by atomic mass is 9.93. The third kappa shape index (κ3) is 9.24. The quantitative estimate of drug-likeness (QED) is 0.0231. The molecule has 5 atom stereocenters. The van der Waals surface area contributed by atoms with Crippen LogP contribution in [-0.4, -0.2) is 149 Å². The lowest BCUT2D eigenvalue weighted by molar-refractivity contribution is -0.868. The van der Waals surface area contributed by atoms with Gasteiger partial charge in [-0.15, -0.1) is 11.3 Å². The standard InChI is InChI=1S/C25H27N11O17S2/c1-9(52-22(27)44)53-25(47)50-6-12-17(31-19(42)16(33-51-7-15(39)40)11-8-54-21(26)30-11)20(43)36(12,32-18(41)10-4-13(37)14(38)5-29-10)24(46)34-55(48,49)35-3-2-28-23(35)45/h4-5,8-9,12,14,17,38H,2-3,6-7H2,1H3,(H8-,26,27,28,30,31,32,34,39,40,41,42,44,45,46)/p+1/b33-16-/t9?,12?,14?,17-,36-/m0/s1. The first kappa shape index (κ1) is 41.0. The second-order valence-electron chi connectivity index (χ2n) is 10.8. The highest BCUT2D eigenvalue weighted by atomic mass is 32.2. The monoisotopic (exact) mass is 818 g/mol. The molecule has 3 aliphatic heterocycles. The summed E-state index contributed by atoms with van der Waals surface area (Å²) in [7, 11) is -5.17. The van der Waals surface area contributed by atoms with Crippen molar-refractivity contribution in [2.45, 2.75) is 31.4 Å². The Kier molecular flexibility index (Phi) is 12.3. The normalized spacial score (nSPS) is 22.6. The fraction of sp³-hybridized carbons (Fsp3) is 0.360. The van der Waals surface area contributed by atoms with Crippen LogP contribution in [0.2, 0.25) is 0 Å². The van der Waals surface area contributed by atoms with Gasteiger partial charge in [-0.2, -0.15) is 18.6 Å². The van der Waals surface area contributed by atoms with Crippen molar-refractivity contribution in [1.82, 2.24) is 30.1 Å². The number of primary amides is 1. The van der Waals surface area contributed by atoms with Crippen molar-refractivity contribution >= 4 is 92.4 Å². The molecule has 0 aliphatic carbocycles. The number of carboxylic acids is 1. The topological polar surface area (TPSA) is 406 Å². The van der Waals surface area contributed by atoms with E-state index in [1.54, 1.807) is 0 Å². The summed E-state index contributed by atoms with van der Waals surface area (Å²) in [5, 5.41) is 27.4. The number of aliphatic imine (C=N–C) groups is 1. The Hall–Kier alpha value is -6.79. The predicted molar refractivity (Wildman–Crippen MR) is 173 cm³/mol. The lowest BCUT2D eigenvalue weighted by Crippen LogP contribution is -2.90. The van der Waals surface area contributed by atoms with Gasteiger partial charge in [0.15, 0.2) is 35.4 Å². The highest BCUT2D eigenvalue weighted by molar-refractivity contribution is 7.88. The van der Waals surface area contributed by atoms with Gasteiger partial charge in [-0.1, -0.05) is 9.75 Å². The van der Waals surface area contributed by atoms with Crippen LogP contribution in [0.5, 0.6) is 0 Å². The number of hydrogen-bond acceptors (Lipinski definition) is 21. The maximum Gasteiger partial charge on any atom is 0.511 e. The number of carboxylic acid groups (broad SMARTS) is 1. The van der Waals surface area contributed by atoms with Crippen LogP contribution in [0.1, 0.15) is 12.6 Å². The second kappa shape index (κ2) is 16.5. The Balaban J connectivity index is 1.76. The molecule has 55 heavy (non-hydrogen) atoms. The summed E-state index contributed by atoms with van der Waals surface area (Å²) in [6.07, 6.45) is -5.39. The summed E-state index contributed by atoms with van der Waals surface area (Å²) in [4.78, 5) is 126. The number of carbonyl (C=O) groups is 9. The fourth-order valence-corrected chi connectivity index (χ4v) is 6.35. The molecule has 10 N–H and O–H groups in total. The predicted octanol–water partition coefficient (Wildman–Crippen LogP) is -4.76. The minimum atomic E-state index is -5.17. The summed E-state index contributed by atoms with van der Waals surface area (Å²) >= 11 is 0.797. The van der Waals surface area contributed by atoms with Crippen LogP contribution in [0.4, 0.5) is 24.3 Å². The van der Waals surface area contributed by atoms with Gasteiger partial charge >= 0.3 is 52.3 Å². The molecule has 1 aromatic rings. The maximum atomic E-state index is 14.1. The number of ether oxygens (including phenoxy) is 3. The second-order valence-corrected chi connectivity index (χ2v) is 13.2. The SMILES string of the molecule is CC(OC(N)=O)OC(=O)OCC1[C@H](NC(=O)/C(=N\OCC(=O)O)c2csc(N)n2)C(=O)[N@+]1(NC(=O)C1=CC(=O)C(O)C=N1)C(=O)NS(=O)(=O)N1CCNC1=O. The van der Waals surface area contributed by atoms with Crippen molar-refractivity contribution in [2.24, 2.45) is 15.9 Å². The number of nitrogen functional groups attached to an aromatic ring is 1. The summed E-state index contributed by atoms with van der Waals surface area (Å²) in [6, 6.07) is -7.31. The zero-order chi connectivity index (χ0) is 40.8. The first-order valence-corrected chi connectivity index (χ1v) is 17.2. The Labute approximate surface area is 309 Å². The molecule has 0 radical (unpaired) electrons. The number of aliphatic carboxylic acids is 1. The zero-order valence-corrected chi connectivity index (χ0v) is 29.2. The van der Waals surface area contributed by atoms with E-state index in [0.29, 0.717) is 12.3 Å². The number of thiazole rings is 1. The average molecular weight is 819 g/mol. The third-order valence-corrected chi connectivity index (χ3v) is 9.14. The van der Waals surface area contributed by atoms with E-state index in [4.69, 9.17) is 21.3 Å². The van der Waals surface area contributed by atoms with Crippen LogP contribution in [0, 0.1) is 0 Å². The number of hydrogen-bond donors (Lipinski definition) is 8. The molecule has 1 aromatic heterocycles. The van der Waals surface area contributed by atoms with Crippen molar-refractivity contribution in [2.75, 3.05) is 32.0 Å². The van der Waals surface area contributed by atoms with Gasteiger partial charge in [0.1, 0.15) is 11.4 Å². The number of nitrogens with one attached hydrogen (secondary N) is 4. The van der Waals surface area contributed by atoms with Crippen molar-refractivity contribution < 1.29 is 85.4 Å². The molecule has 296 valence electrons. The average Bonchev–Trinajstić information content (AvgIpc) is 3.73. The van der Waals surface area contributed by atoms with E-state index in [-0.39, 0.29) is 21.7 Å². The summed E-state index contributed by atoms with van der Waals surface area (Å²) < 4.78 is 39.7. The van der Waals surface area contributed by atoms with Crippen LogP contribution in [0.3, 0.4) is 0 Å². The van der Waals surface area contributed by atoms with Gasteiger partial charge < -0.3 is 51.4 Å². The van der Waals surface area contributed by atoms with E-state index in [1.807, 2.05) is 5.43 Å². The van der Waals surface area contributed by atoms with Gasteiger partial charge in [-0.25, -0.2) is 38.1 Å². The van der Waals surface area contributed by atoms with E-state index >= 15 is 0 Å². The molecular weight excluding hydrogens is 790 g/mol. The number of β-lactam (4-membered cyclic amide) rings is 1. The van der Waals surface area contributed by atoms with Crippen LogP contribution < -0.4 is 32.2 Å². The number of likely N-dealkylation sites (tertiary alicyclic amines) is 1. The highest BCUT2D eigenvalue weighted by Gasteiger charge is 2.72. The number of nitrogens with two attached hydrogens (primary N) is 2. The number of urea groups is 2. The maximum absolute atomic E-state index is 14.1. The number of ketones is 1. The number of anilines is 1. The molecule has 4 heterocycles. The highest BCUT2D eigenvalue weighted by Crippen LogP contribution is 2.31. The van der Waals surface area contributed by atoms with Crippen molar-refractivity contribution in [3.63, 3.8) is 0 Å². The molecule has 3 unspecified atom stereocenters.